The highest BCUT2D eigenvalue weighted by Crippen LogP contribution is 2.22. The Morgan fingerprint density at radius 2 is 1.94 bits per heavy atom. The molecule has 6 nitrogen and oxygen atoms in total. The number of halogens is 2. The van der Waals surface area contributed by atoms with Gasteiger partial charge in [-0.1, -0.05) is 58.7 Å². The molecule has 1 aromatic heterocycles. The van der Waals surface area contributed by atoms with Gasteiger partial charge in [-0.05, 0) is 47.4 Å². The number of aromatic nitrogens is 2. The van der Waals surface area contributed by atoms with Crippen LogP contribution in [0.5, 0.6) is 0 Å². The third-order valence-corrected chi connectivity index (χ3v) is 5.80. The van der Waals surface area contributed by atoms with E-state index < -0.39 is 0 Å². The highest BCUT2D eigenvalue weighted by molar-refractivity contribution is 6.30. The van der Waals surface area contributed by atoms with Gasteiger partial charge in [0.1, 0.15) is 0 Å². The first-order valence-corrected chi connectivity index (χ1v) is 11.3. The van der Waals surface area contributed by atoms with Crippen LogP contribution in [0.3, 0.4) is 0 Å². The van der Waals surface area contributed by atoms with E-state index in [2.05, 4.69) is 38.6 Å². The average molecular weight is 471 g/mol. The smallest absolute Gasteiger partial charge is 0.227 e. The minimum Gasteiger partial charge on any atom is -0.352 e. The van der Waals surface area contributed by atoms with Crippen molar-refractivity contribution < 1.29 is 9.32 Å². The van der Waals surface area contributed by atoms with Crippen molar-refractivity contribution in [1.29, 1.82) is 0 Å². The number of carbonyl (C=O) groups is 1. The molecule has 3 aromatic rings. The van der Waals surface area contributed by atoms with E-state index in [9.17, 15) is 4.79 Å². The lowest BCUT2D eigenvalue weighted by Crippen LogP contribution is -2.28. The Balaban J connectivity index is 1.23. The molecule has 2 heterocycles. The highest BCUT2D eigenvalue weighted by atomic mass is 35.5. The first kappa shape index (κ1) is 22.5. The van der Waals surface area contributed by atoms with Gasteiger partial charge >= 0.3 is 0 Å². The van der Waals surface area contributed by atoms with Crippen LogP contribution in [0.4, 0.5) is 0 Å². The molecule has 0 spiro atoms. The van der Waals surface area contributed by atoms with Crippen LogP contribution in [-0.2, 0) is 24.3 Å². The van der Waals surface area contributed by atoms with Crippen molar-refractivity contribution in [3.05, 3.63) is 87.5 Å². The van der Waals surface area contributed by atoms with Gasteiger partial charge in [-0.3, -0.25) is 9.69 Å². The van der Waals surface area contributed by atoms with E-state index in [1.807, 2.05) is 30.3 Å². The molecule has 4 rings (SSSR count). The molecule has 1 N–H and O–H groups in total. The minimum absolute atomic E-state index is 0.0700. The third-order valence-electron chi connectivity index (χ3n) is 5.31. The van der Waals surface area contributed by atoms with E-state index in [1.54, 1.807) is 6.07 Å². The topological polar surface area (TPSA) is 71.3 Å². The summed E-state index contributed by atoms with van der Waals surface area (Å²) >= 11 is 11.9. The quantitative estimate of drug-likeness (QED) is 0.505. The molecule has 0 fully saturated rings. The van der Waals surface area contributed by atoms with Crippen LogP contribution in [-0.4, -0.2) is 34.0 Å². The fourth-order valence-corrected chi connectivity index (χ4v) is 3.89. The van der Waals surface area contributed by atoms with Gasteiger partial charge in [0, 0.05) is 49.1 Å². The lowest BCUT2D eigenvalue weighted by molar-refractivity contribution is -0.121. The number of carbonyl (C=O) groups excluding carboxylic acids is 1. The second kappa shape index (κ2) is 10.8. The Labute approximate surface area is 197 Å². The number of amides is 1. The van der Waals surface area contributed by atoms with Gasteiger partial charge in [-0.15, -0.1) is 0 Å². The van der Waals surface area contributed by atoms with Gasteiger partial charge in [-0.2, -0.15) is 4.98 Å². The monoisotopic (exact) mass is 470 g/mol. The van der Waals surface area contributed by atoms with Crippen molar-refractivity contribution in [1.82, 2.24) is 20.4 Å². The Morgan fingerprint density at radius 1 is 1.09 bits per heavy atom. The molecule has 0 unspecified atom stereocenters. The van der Waals surface area contributed by atoms with Crippen LogP contribution in [0.15, 0.2) is 59.1 Å². The zero-order valence-corrected chi connectivity index (χ0v) is 19.1. The lowest BCUT2D eigenvalue weighted by atomic mass is 10.1. The van der Waals surface area contributed by atoms with Crippen molar-refractivity contribution in [2.24, 2.45) is 0 Å². The molecule has 1 amide bonds. The van der Waals surface area contributed by atoms with Gasteiger partial charge in [0.2, 0.25) is 11.8 Å². The van der Waals surface area contributed by atoms with E-state index in [0.717, 1.165) is 42.2 Å². The molecular formula is C24H24Cl2N4O2. The second-order valence-corrected chi connectivity index (χ2v) is 8.63. The van der Waals surface area contributed by atoms with E-state index >= 15 is 0 Å². The molecule has 0 saturated carbocycles. The van der Waals surface area contributed by atoms with E-state index in [4.69, 9.17) is 27.7 Å². The minimum atomic E-state index is -0.0700. The first-order valence-electron chi connectivity index (χ1n) is 10.5. The lowest BCUT2D eigenvalue weighted by Gasteiger charge is -2.25. The molecule has 8 heteroatoms. The third kappa shape index (κ3) is 6.42. The SMILES string of the molecule is O=C(CCc1nc(C2=CCN(Cc3ccc(Cl)cc3)CC2)no1)NCc1cccc(Cl)c1. The Hall–Kier alpha value is -2.67. The largest absolute Gasteiger partial charge is 0.352 e. The van der Waals surface area contributed by atoms with Crippen molar-refractivity contribution >= 4 is 34.7 Å². The van der Waals surface area contributed by atoms with Crippen LogP contribution in [0.25, 0.3) is 5.57 Å². The maximum Gasteiger partial charge on any atom is 0.227 e. The van der Waals surface area contributed by atoms with E-state index in [-0.39, 0.29) is 12.3 Å². The zero-order valence-electron chi connectivity index (χ0n) is 17.6. The Kier molecular flexibility index (Phi) is 7.58. The molecule has 2 aromatic carbocycles. The van der Waals surface area contributed by atoms with Gasteiger partial charge in [0.25, 0.3) is 0 Å². The van der Waals surface area contributed by atoms with Gasteiger partial charge in [0.15, 0.2) is 5.82 Å². The van der Waals surface area contributed by atoms with Crippen molar-refractivity contribution in [2.45, 2.75) is 32.4 Å². The molecule has 0 atom stereocenters. The summed E-state index contributed by atoms with van der Waals surface area (Å²) in [5.41, 5.74) is 3.28. The van der Waals surface area contributed by atoms with Crippen LogP contribution in [0.1, 0.15) is 35.7 Å². The van der Waals surface area contributed by atoms with Crippen LogP contribution < -0.4 is 5.32 Å². The summed E-state index contributed by atoms with van der Waals surface area (Å²) in [7, 11) is 0. The maximum atomic E-state index is 12.1. The van der Waals surface area contributed by atoms with E-state index in [0.29, 0.717) is 29.7 Å². The van der Waals surface area contributed by atoms with Gasteiger partial charge in [-0.25, -0.2) is 0 Å². The molecule has 0 bridgehead atoms. The van der Waals surface area contributed by atoms with Crippen molar-refractivity contribution in [3.63, 3.8) is 0 Å². The number of benzene rings is 2. The molecule has 32 heavy (non-hydrogen) atoms. The summed E-state index contributed by atoms with van der Waals surface area (Å²) in [6, 6.07) is 15.4. The first-order chi connectivity index (χ1) is 15.5. The zero-order chi connectivity index (χ0) is 22.3. The van der Waals surface area contributed by atoms with Crippen molar-refractivity contribution in [2.75, 3.05) is 13.1 Å². The maximum absolute atomic E-state index is 12.1. The number of rotatable bonds is 8. The molecule has 1 aliphatic rings. The summed E-state index contributed by atoms with van der Waals surface area (Å²) in [5.74, 6) is 1.02. The fraction of sp³-hybridized carbons (Fsp3) is 0.292. The van der Waals surface area contributed by atoms with Crippen LogP contribution in [0, 0.1) is 0 Å². The average Bonchev–Trinajstić information content (AvgIpc) is 3.27. The van der Waals surface area contributed by atoms with Gasteiger partial charge < -0.3 is 9.84 Å². The number of nitrogens with zero attached hydrogens (tertiary/aromatic N) is 3. The Bertz CT molecular complexity index is 1100. The molecule has 0 radical (unpaired) electrons. The number of hydrogen-bond acceptors (Lipinski definition) is 5. The number of nitrogens with one attached hydrogen (secondary N) is 1. The highest BCUT2D eigenvalue weighted by Gasteiger charge is 2.18. The molecule has 0 saturated heterocycles. The normalized spacial score (nSPS) is 14.2. The predicted octanol–water partition coefficient (Wildman–Crippen LogP) is 4.91. The van der Waals surface area contributed by atoms with Gasteiger partial charge in [0.05, 0.1) is 0 Å². The summed E-state index contributed by atoms with van der Waals surface area (Å²) < 4.78 is 5.35. The molecule has 0 aliphatic carbocycles. The predicted molar refractivity (Wildman–Crippen MR) is 125 cm³/mol. The Morgan fingerprint density at radius 3 is 2.69 bits per heavy atom. The fourth-order valence-electron chi connectivity index (χ4n) is 3.55. The summed E-state index contributed by atoms with van der Waals surface area (Å²) in [6.45, 7) is 3.06. The number of hydrogen-bond donors (Lipinski definition) is 1. The second-order valence-electron chi connectivity index (χ2n) is 7.76. The molecule has 166 valence electrons. The van der Waals surface area contributed by atoms with Crippen LogP contribution >= 0.6 is 23.2 Å². The summed E-state index contributed by atoms with van der Waals surface area (Å²) in [6.07, 6.45) is 3.69. The van der Waals surface area contributed by atoms with E-state index in [1.165, 1.54) is 5.56 Å². The molecular weight excluding hydrogens is 447 g/mol. The van der Waals surface area contributed by atoms with Crippen molar-refractivity contribution in [3.8, 4) is 0 Å². The number of aryl methyl sites for hydroxylation is 1. The summed E-state index contributed by atoms with van der Waals surface area (Å²) in [4.78, 5) is 19.0. The van der Waals surface area contributed by atoms with Crippen LogP contribution in [0.2, 0.25) is 10.0 Å². The standard InChI is InChI=1S/C24H24Cl2N4O2/c25-20-6-4-17(5-7-20)16-30-12-10-19(11-13-30)24-28-23(32-29-24)9-8-22(31)27-15-18-2-1-3-21(26)14-18/h1-7,10,14H,8-9,11-13,15-16H2,(H,27,31). The summed E-state index contributed by atoms with van der Waals surface area (Å²) in [5, 5.41) is 8.39. The molecule has 1 aliphatic heterocycles.